The van der Waals surface area contributed by atoms with Crippen molar-refractivity contribution < 1.29 is 0 Å². The van der Waals surface area contributed by atoms with E-state index in [1.807, 2.05) is 24.3 Å². The van der Waals surface area contributed by atoms with Gasteiger partial charge in [0.05, 0.1) is 6.54 Å². The van der Waals surface area contributed by atoms with Gasteiger partial charge in [0, 0.05) is 44.3 Å². The number of nitrogens with two attached hydrogens (primary N) is 1. The molecule has 0 bridgehead atoms. The van der Waals surface area contributed by atoms with Gasteiger partial charge in [-0.05, 0) is 23.3 Å². The highest BCUT2D eigenvalue weighted by molar-refractivity contribution is 6.30. The summed E-state index contributed by atoms with van der Waals surface area (Å²) in [5.74, 6) is 1.43. The number of hydrogen-bond acceptors (Lipinski definition) is 7. The van der Waals surface area contributed by atoms with Crippen LogP contribution in [0.4, 0.5) is 11.9 Å². The summed E-state index contributed by atoms with van der Waals surface area (Å²) in [6.07, 6.45) is 0. The van der Waals surface area contributed by atoms with Crippen LogP contribution in [0.3, 0.4) is 0 Å². The quantitative estimate of drug-likeness (QED) is 0.604. The van der Waals surface area contributed by atoms with Gasteiger partial charge in [-0.25, -0.2) is 0 Å². The molecule has 4 rings (SSSR count). The molecule has 30 heavy (non-hydrogen) atoms. The monoisotopic (exact) mass is 423 g/mol. The van der Waals surface area contributed by atoms with Gasteiger partial charge in [0.2, 0.25) is 11.9 Å². The Bertz CT molecular complexity index is 941. The first-order valence-corrected chi connectivity index (χ1v) is 10.5. The summed E-state index contributed by atoms with van der Waals surface area (Å²) < 4.78 is 0. The highest BCUT2D eigenvalue weighted by Gasteiger charge is 2.18. The van der Waals surface area contributed by atoms with Gasteiger partial charge < -0.3 is 11.1 Å². The molecule has 3 aromatic rings. The largest absolute Gasteiger partial charge is 0.368 e. The Morgan fingerprint density at radius 3 is 2.17 bits per heavy atom. The zero-order valence-corrected chi connectivity index (χ0v) is 17.6. The third-order valence-corrected chi connectivity index (χ3v) is 5.39. The number of aromatic nitrogens is 3. The van der Waals surface area contributed by atoms with Crippen molar-refractivity contribution in [3.63, 3.8) is 0 Å². The number of nitrogen functional groups attached to an aromatic ring is 1. The summed E-state index contributed by atoms with van der Waals surface area (Å²) in [5, 5.41) is 3.94. The van der Waals surface area contributed by atoms with Crippen molar-refractivity contribution in [2.24, 2.45) is 0 Å². The molecule has 2 aromatic carbocycles. The summed E-state index contributed by atoms with van der Waals surface area (Å²) in [7, 11) is 0. The second kappa shape index (κ2) is 9.84. The normalized spacial score (nSPS) is 15.2. The lowest BCUT2D eigenvalue weighted by Gasteiger charge is -2.34. The number of anilines is 2. The van der Waals surface area contributed by atoms with Crippen LogP contribution in [0.15, 0.2) is 54.6 Å². The zero-order valence-electron chi connectivity index (χ0n) is 16.8. The van der Waals surface area contributed by atoms with Gasteiger partial charge in [-0.15, -0.1) is 0 Å². The molecule has 1 aliphatic heterocycles. The molecule has 0 atom stereocenters. The van der Waals surface area contributed by atoms with E-state index in [0.717, 1.165) is 38.3 Å². The molecule has 7 nitrogen and oxygen atoms in total. The summed E-state index contributed by atoms with van der Waals surface area (Å²) >= 11 is 5.93. The molecular weight excluding hydrogens is 398 g/mol. The van der Waals surface area contributed by atoms with Crippen molar-refractivity contribution in [3.05, 3.63) is 76.6 Å². The topological polar surface area (TPSA) is 83.2 Å². The fourth-order valence-electron chi connectivity index (χ4n) is 3.52. The maximum absolute atomic E-state index is 5.93. The second-order valence-corrected chi connectivity index (χ2v) is 7.89. The van der Waals surface area contributed by atoms with Gasteiger partial charge >= 0.3 is 0 Å². The molecule has 0 unspecified atom stereocenters. The van der Waals surface area contributed by atoms with Gasteiger partial charge in [-0.1, -0.05) is 54.1 Å². The standard InChI is InChI=1S/C22H26ClN7/c23-19-8-6-17(7-9-19)14-25-22-27-20(26-21(24)28-22)16-30-12-10-29(11-13-30)15-18-4-2-1-3-5-18/h1-9H,10-16H2,(H3,24,25,26,27,28). The van der Waals surface area contributed by atoms with E-state index in [-0.39, 0.29) is 5.95 Å². The van der Waals surface area contributed by atoms with E-state index in [1.165, 1.54) is 5.56 Å². The van der Waals surface area contributed by atoms with Crippen molar-refractivity contribution in [2.75, 3.05) is 37.2 Å². The van der Waals surface area contributed by atoms with E-state index in [2.05, 4.69) is 60.4 Å². The predicted octanol–water partition coefficient (Wildman–Crippen LogP) is 3.04. The molecule has 3 N–H and O–H groups in total. The van der Waals surface area contributed by atoms with Crippen LogP contribution in [-0.2, 0) is 19.6 Å². The van der Waals surface area contributed by atoms with Gasteiger partial charge in [0.15, 0.2) is 0 Å². The average molecular weight is 424 g/mol. The molecule has 0 aliphatic carbocycles. The molecule has 1 aliphatic rings. The van der Waals surface area contributed by atoms with E-state index >= 15 is 0 Å². The first-order chi connectivity index (χ1) is 14.6. The summed E-state index contributed by atoms with van der Waals surface area (Å²) in [6, 6.07) is 18.3. The Morgan fingerprint density at radius 1 is 0.800 bits per heavy atom. The molecule has 1 fully saturated rings. The lowest BCUT2D eigenvalue weighted by atomic mass is 10.2. The van der Waals surface area contributed by atoms with E-state index < -0.39 is 0 Å². The molecule has 0 radical (unpaired) electrons. The van der Waals surface area contributed by atoms with Crippen molar-refractivity contribution >= 4 is 23.5 Å². The fourth-order valence-corrected chi connectivity index (χ4v) is 3.64. The van der Waals surface area contributed by atoms with E-state index in [9.17, 15) is 0 Å². The van der Waals surface area contributed by atoms with E-state index in [0.29, 0.717) is 29.9 Å². The maximum atomic E-state index is 5.93. The summed E-state index contributed by atoms with van der Waals surface area (Å²) in [4.78, 5) is 17.9. The van der Waals surface area contributed by atoms with Crippen LogP contribution in [0, 0.1) is 0 Å². The number of nitrogens with zero attached hydrogens (tertiary/aromatic N) is 5. The van der Waals surface area contributed by atoms with Crippen LogP contribution >= 0.6 is 11.6 Å². The minimum atomic E-state index is 0.237. The van der Waals surface area contributed by atoms with Crippen LogP contribution in [0.25, 0.3) is 0 Å². The fraction of sp³-hybridized carbons (Fsp3) is 0.318. The molecule has 1 aromatic heterocycles. The SMILES string of the molecule is Nc1nc(CN2CCN(Cc3ccccc3)CC2)nc(NCc2ccc(Cl)cc2)n1. The van der Waals surface area contributed by atoms with Crippen molar-refractivity contribution in [1.82, 2.24) is 24.8 Å². The van der Waals surface area contributed by atoms with Crippen LogP contribution < -0.4 is 11.1 Å². The number of piperazine rings is 1. The number of hydrogen-bond donors (Lipinski definition) is 2. The third kappa shape index (κ3) is 5.89. The average Bonchev–Trinajstić information content (AvgIpc) is 2.75. The smallest absolute Gasteiger partial charge is 0.228 e. The van der Waals surface area contributed by atoms with E-state index in [4.69, 9.17) is 17.3 Å². The van der Waals surface area contributed by atoms with Crippen molar-refractivity contribution in [1.29, 1.82) is 0 Å². The van der Waals surface area contributed by atoms with Gasteiger partial charge in [0.25, 0.3) is 0 Å². The molecule has 1 saturated heterocycles. The van der Waals surface area contributed by atoms with Crippen LogP contribution in [0.5, 0.6) is 0 Å². The molecule has 2 heterocycles. The zero-order chi connectivity index (χ0) is 20.8. The Kier molecular flexibility index (Phi) is 6.74. The maximum Gasteiger partial charge on any atom is 0.228 e. The Hall–Kier alpha value is -2.74. The van der Waals surface area contributed by atoms with Gasteiger partial charge in [-0.3, -0.25) is 9.80 Å². The summed E-state index contributed by atoms with van der Waals surface area (Å²) in [6.45, 7) is 6.26. The summed E-state index contributed by atoms with van der Waals surface area (Å²) in [5.41, 5.74) is 8.36. The second-order valence-electron chi connectivity index (χ2n) is 7.45. The molecular formula is C22H26ClN7. The molecule has 0 spiro atoms. The van der Waals surface area contributed by atoms with Crippen molar-refractivity contribution in [3.8, 4) is 0 Å². The predicted molar refractivity (Wildman–Crippen MR) is 120 cm³/mol. The first-order valence-electron chi connectivity index (χ1n) is 10.1. The number of halogens is 1. The Morgan fingerprint density at radius 2 is 1.47 bits per heavy atom. The molecule has 0 amide bonds. The minimum absolute atomic E-state index is 0.237. The van der Waals surface area contributed by atoms with Crippen molar-refractivity contribution in [2.45, 2.75) is 19.6 Å². The lowest BCUT2D eigenvalue weighted by molar-refractivity contribution is 0.120. The Balaban J connectivity index is 1.30. The molecule has 0 saturated carbocycles. The van der Waals surface area contributed by atoms with Crippen LogP contribution in [-0.4, -0.2) is 50.9 Å². The van der Waals surface area contributed by atoms with Gasteiger partial charge in [0.1, 0.15) is 5.82 Å². The first kappa shape index (κ1) is 20.5. The molecule has 156 valence electrons. The van der Waals surface area contributed by atoms with Crippen LogP contribution in [0.1, 0.15) is 17.0 Å². The number of benzene rings is 2. The highest BCUT2D eigenvalue weighted by Crippen LogP contribution is 2.13. The van der Waals surface area contributed by atoms with E-state index in [1.54, 1.807) is 0 Å². The number of rotatable bonds is 7. The van der Waals surface area contributed by atoms with Gasteiger partial charge in [-0.2, -0.15) is 15.0 Å². The lowest BCUT2D eigenvalue weighted by Crippen LogP contribution is -2.45. The van der Waals surface area contributed by atoms with Crippen LogP contribution in [0.2, 0.25) is 5.02 Å². The Labute approximate surface area is 181 Å². The number of nitrogens with one attached hydrogen (secondary N) is 1. The highest BCUT2D eigenvalue weighted by atomic mass is 35.5. The molecule has 8 heteroatoms. The minimum Gasteiger partial charge on any atom is -0.368 e. The third-order valence-electron chi connectivity index (χ3n) is 5.14.